The number of aromatic nitrogens is 1. The molecule has 0 unspecified atom stereocenters. The lowest BCUT2D eigenvalue weighted by molar-refractivity contribution is 0.452. The van der Waals surface area contributed by atoms with Gasteiger partial charge < -0.3 is 10.2 Å². The fraction of sp³-hybridized carbons (Fsp3) is 0.0833. The molecule has 84 valence electrons. The molecule has 0 amide bonds. The molecule has 0 aliphatic heterocycles. The average Bonchev–Trinajstić information content (AvgIpc) is 2.20. The van der Waals surface area contributed by atoms with Gasteiger partial charge in [-0.3, -0.25) is 4.98 Å². The highest BCUT2D eigenvalue weighted by atomic mass is 35.5. The molecule has 0 spiro atoms. The molecule has 16 heavy (non-hydrogen) atoms. The van der Waals surface area contributed by atoms with Crippen LogP contribution in [0.4, 0.5) is 0 Å². The van der Waals surface area contributed by atoms with E-state index in [2.05, 4.69) is 4.98 Å². The summed E-state index contributed by atoms with van der Waals surface area (Å²) in [5.41, 5.74) is 2.38. The Morgan fingerprint density at radius 1 is 1.06 bits per heavy atom. The number of hydrogen-bond donors (Lipinski definition) is 2. The third-order valence-electron chi connectivity index (χ3n) is 2.17. The molecule has 0 bridgehead atoms. The molecule has 2 aromatic rings. The highest BCUT2D eigenvalue weighted by Gasteiger charge is 2.05. The van der Waals surface area contributed by atoms with Gasteiger partial charge in [0.1, 0.15) is 11.5 Å². The number of aromatic hydroxyl groups is 2. The second-order valence-corrected chi connectivity index (χ2v) is 3.42. The van der Waals surface area contributed by atoms with E-state index in [-0.39, 0.29) is 23.9 Å². The first-order valence-corrected chi connectivity index (χ1v) is 4.62. The zero-order valence-electron chi connectivity index (χ0n) is 8.71. The fourth-order valence-corrected chi connectivity index (χ4v) is 1.36. The monoisotopic (exact) mass is 237 g/mol. The van der Waals surface area contributed by atoms with Crippen molar-refractivity contribution in [3.63, 3.8) is 0 Å². The molecule has 0 saturated carbocycles. The average molecular weight is 238 g/mol. The minimum absolute atomic E-state index is 0. The number of rotatable bonds is 1. The molecule has 1 aromatic heterocycles. The number of halogens is 1. The van der Waals surface area contributed by atoms with E-state index in [0.717, 1.165) is 5.56 Å². The molecular formula is C12H12ClNO2. The van der Waals surface area contributed by atoms with Crippen molar-refractivity contribution in [1.82, 2.24) is 4.98 Å². The zero-order valence-corrected chi connectivity index (χ0v) is 9.53. The lowest BCUT2D eigenvalue weighted by atomic mass is 10.1. The number of phenolic OH excluding ortho intramolecular Hbond substituents is 2. The molecule has 0 saturated heterocycles. The Kier molecular flexibility index (Phi) is 3.74. The number of aryl methyl sites for hydroxylation is 1. The summed E-state index contributed by atoms with van der Waals surface area (Å²) in [6.45, 7) is 1.95. The van der Waals surface area contributed by atoms with Crippen molar-refractivity contribution in [3.8, 4) is 22.8 Å². The van der Waals surface area contributed by atoms with E-state index in [1.165, 1.54) is 12.1 Å². The quantitative estimate of drug-likeness (QED) is 0.802. The Balaban J connectivity index is 0.00000128. The lowest BCUT2D eigenvalue weighted by Crippen LogP contribution is -1.84. The smallest absolute Gasteiger partial charge is 0.128 e. The SMILES string of the molecule is Cc1ccc(-c2ccc(O)cc2O)nc1.Cl. The van der Waals surface area contributed by atoms with Gasteiger partial charge in [-0.2, -0.15) is 0 Å². The van der Waals surface area contributed by atoms with E-state index in [1.807, 2.05) is 19.1 Å². The van der Waals surface area contributed by atoms with E-state index >= 15 is 0 Å². The van der Waals surface area contributed by atoms with Gasteiger partial charge in [0.05, 0.1) is 5.69 Å². The van der Waals surface area contributed by atoms with Crippen molar-refractivity contribution >= 4 is 12.4 Å². The van der Waals surface area contributed by atoms with Crippen LogP contribution in [0.5, 0.6) is 11.5 Å². The van der Waals surface area contributed by atoms with Gasteiger partial charge in [0.15, 0.2) is 0 Å². The van der Waals surface area contributed by atoms with Crippen LogP contribution in [-0.4, -0.2) is 15.2 Å². The van der Waals surface area contributed by atoms with Gasteiger partial charge in [0.2, 0.25) is 0 Å². The minimum atomic E-state index is 0. The van der Waals surface area contributed by atoms with Crippen LogP contribution in [0.1, 0.15) is 5.56 Å². The van der Waals surface area contributed by atoms with Crippen LogP contribution in [0.15, 0.2) is 36.5 Å². The number of pyridine rings is 1. The van der Waals surface area contributed by atoms with Crippen molar-refractivity contribution in [3.05, 3.63) is 42.1 Å². The van der Waals surface area contributed by atoms with Crippen LogP contribution in [0, 0.1) is 6.92 Å². The van der Waals surface area contributed by atoms with Crippen LogP contribution in [0.25, 0.3) is 11.3 Å². The van der Waals surface area contributed by atoms with Crippen LogP contribution < -0.4 is 0 Å². The molecule has 2 N–H and O–H groups in total. The van der Waals surface area contributed by atoms with Crippen molar-refractivity contribution < 1.29 is 10.2 Å². The van der Waals surface area contributed by atoms with E-state index in [4.69, 9.17) is 5.11 Å². The summed E-state index contributed by atoms with van der Waals surface area (Å²) in [4.78, 5) is 4.20. The summed E-state index contributed by atoms with van der Waals surface area (Å²) in [6.07, 6.45) is 1.74. The summed E-state index contributed by atoms with van der Waals surface area (Å²) in [6, 6.07) is 8.23. The Bertz CT molecular complexity index is 483. The molecule has 1 heterocycles. The minimum Gasteiger partial charge on any atom is -0.508 e. The van der Waals surface area contributed by atoms with Crippen LogP contribution in [-0.2, 0) is 0 Å². The van der Waals surface area contributed by atoms with Gasteiger partial charge in [-0.05, 0) is 30.7 Å². The standard InChI is InChI=1S/C12H11NO2.ClH/c1-8-2-5-11(13-7-8)10-4-3-9(14)6-12(10)15;/h2-7,14-15H,1H3;1H. The number of phenols is 2. The predicted molar refractivity (Wildman–Crippen MR) is 65.0 cm³/mol. The second-order valence-electron chi connectivity index (χ2n) is 3.42. The van der Waals surface area contributed by atoms with Crippen LogP contribution in [0.2, 0.25) is 0 Å². The van der Waals surface area contributed by atoms with Gasteiger partial charge in [-0.1, -0.05) is 6.07 Å². The van der Waals surface area contributed by atoms with Crippen molar-refractivity contribution in [1.29, 1.82) is 0 Å². The molecule has 4 heteroatoms. The molecule has 0 radical (unpaired) electrons. The Hall–Kier alpha value is -1.74. The largest absolute Gasteiger partial charge is 0.508 e. The van der Waals surface area contributed by atoms with Crippen molar-refractivity contribution in [2.45, 2.75) is 6.92 Å². The van der Waals surface area contributed by atoms with Crippen molar-refractivity contribution in [2.24, 2.45) is 0 Å². The maximum absolute atomic E-state index is 9.61. The topological polar surface area (TPSA) is 53.4 Å². The van der Waals surface area contributed by atoms with Gasteiger partial charge in [-0.15, -0.1) is 12.4 Å². The van der Waals surface area contributed by atoms with Crippen LogP contribution in [0.3, 0.4) is 0 Å². The van der Waals surface area contributed by atoms with E-state index in [9.17, 15) is 5.11 Å². The van der Waals surface area contributed by atoms with E-state index in [1.54, 1.807) is 12.3 Å². The van der Waals surface area contributed by atoms with Crippen LogP contribution >= 0.6 is 12.4 Å². The third kappa shape index (κ3) is 2.44. The second kappa shape index (κ2) is 4.86. The molecule has 3 nitrogen and oxygen atoms in total. The lowest BCUT2D eigenvalue weighted by Gasteiger charge is -2.04. The summed E-state index contributed by atoms with van der Waals surface area (Å²) in [5.74, 6) is 0.0784. The van der Waals surface area contributed by atoms with E-state index in [0.29, 0.717) is 11.3 Å². The molecule has 0 aliphatic carbocycles. The first kappa shape index (κ1) is 12.3. The number of hydrogen-bond acceptors (Lipinski definition) is 3. The molecule has 0 atom stereocenters. The molecule has 2 rings (SSSR count). The Morgan fingerprint density at radius 3 is 2.38 bits per heavy atom. The predicted octanol–water partition coefficient (Wildman–Crippen LogP) is 2.89. The number of benzene rings is 1. The highest BCUT2D eigenvalue weighted by molar-refractivity contribution is 5.85. The van der Waals surface area contributed by atoms with Gasteiger partial charge in [0.25, 0.3) is 0 Å². The van der Waals surface area contributed by atoms with E-state index < -0.39 is 0 Å². The summed E-state index contributed by atoms with van der Waals surface area (Å²) < 4.78 is 0. The molecular weight excluding hydrogens is 226 g/mol. The molecule has 0 fully saturated rings. The molecule has 1 aromatic carbocycles. The summed E-state index contributed by atoms with van der Waals surface area (Å²) >= 11 is 0. The van der Waals surface area contributed by atoms with Gasteiger partial charge in [0, 0.05) is 17.8 Å². The molecule has 0 aliphatic rings. The Morgan fingerprint density at radius 2 is 1.81 bits per heavy atom. The fourth-order valence-electron chi connectivity index (χ4n) is 1.36. The van der Waals surface area contributed by atoms with Crippen molar-refractivity contribution in [2.75, 3.05) is 0 Å². The highest BCUT2D eigenvalue weighted by Crippen LogP contribution is 2.30. The first-order valence-electron chi connectivity index (χ1n) is 4.62. The summed E-state index contributed by atoms with van der Waals surface area (Å²) in [7, 11) is 0. The maximum Gasteiger partial charge on any atom is 0.128 e. The maximum atomic E-state index is 9.61. The normalized spacial score (nSPS) is 9.56. The number of nitrogens with zero attached hydrogens (tertiary/aromatic N) is 1. The third-order valence-corrected chi connectivity index (χ3v) is 2.17. The van der Waals surface area contributed by atoms with Gasteiger partial charge in [-0.25, -0.2) is 0 Å². The summed E-state index contributed by atoms with van der Waals surface area (Å²) in [5, 5.41) is 18.8. The first-order chi connectivity index (χ1) is 7.16. The zero-order chi connectivity index (χ0) is 10.8. The van der Waals surface area contributed by atoms with Gasteiger partial charge >= 0.3 is 0 Å². The Labute approximate surface area is 99.8 Å².